The van der Waals surface area contributed by atoms with E-state index in [0.29, 0.717) is 109 Å². The van der Waals surface area contributed by atoms with Crippen LogP contribution in [0.15, 0.2) is 109 Å². The number of aryl methyl sites for hydroxylation is 7. The van der Waals surface area contributed by atoms with Gasteiger partial charge in [-0.3, -0.25) is 78.0 Å². The zero-order chi connectivity index (χ0) is 89.4. The molecular formula is C97H113N13O17. The first kappa shape index (κ1) is 90.5. The Morgan fingerprint density at radius 1 is 0.520 bits per heavy atom. The molecule has 10 N–H and O–H groups in total. The topological polar surface area (TPSA) is 413 Å². The highest BCUT2D eigenvalue weighted by atomic mass is 16.5. The Bertz CT molecular complexity index is 5490. The van der Waals surface area contributed by atoms with Crippen molar-refractivity contribution in [1.82, 2.24) is 55.5 Å². The van der Waals surface area contributed by atoms with Crippen molar-refractivity contribution in [1.29, 1.82) is 0 Å². The number of carbonyl (C=O) groups excluding carboxylic acids is 11. The number of rotatable bonds is 37. The van der Waals surface area contributed by atoms with Gasteiger partial charge in [-0.2, -0.15) is 0 Å². The lowest BCUT2D eigenvalue weighted by atomic mass is 9.97. The van der Waals surface area contributed by atoms with Crippen LogP contribution in [0.4, 0.5) is 5.69 Å². The molecule has 0 radical (unpaired) electrons. The predicted octanol–water partition coefficient (Wildman–Crippen LogP) is 11.9. The number of hydrogen-bond acceptors (Lipinski definition) is 20. The van der Waals surface area contributed by atoms with Crippen molar-refractivity contribution >= 4 is 76.6 Å². The van der Waals surface area contributed by atoms with Gasteiger partial charge in [-0.15, -0.1) is 0 Å². The molecule has 0 spiro atoms. The van der Waals surface area contributed by atoms with E-state index < -0.39 is 65.3 Å². The Morgan fingerprint density at radius 3 is 1.58 bits per heavy atom. The summed E-state index contributed by atoms with van der Waals surface area (Å²) >= 11 is 0. The van der Waals surface area contributed by atoms with E-state index in [1.165, 1.54) is 11.1 Å². The van der Waals surface area contributed by atoms with Crippen LogP contribution in [0.2, 0.25) is 0 Å². The van der Waals surface area contributed by atoms with Crippen molar-refractivity contribution in [2.45, 2.75) is 237 Å². The minimum absolute atomic E-state index is 0.00390. The number of fused-ring (bicyclic) bond motifs is 6. The Kier molecular flexibility index (Phi) is 30.0. The maximum absolute atomic E-state index is 13.7. The number of carboxylic acids is 1. The fraction of sp³-hybridized carbons (Fsp3) is 0.443. The van der Waals surface area contributed by atoms with E-state index >= 15 is 0 Å². The second-order valence-electron chi connectivity index (χ2n) is 33.8. The normalized spacial score (nSPS) is 17.5. The summed E-state index contributed by atoms with van der Waals surface area (Å²) in [6, 6.07) is 28.1. The molecular weight excluding hydrogens is 1620 g/mol. The molecule has 16 rings (SSSR count). The Hall–Kier alpha value is -12.7. The molecule has 2 fully saturated rings. The van der Waals surface area contributed by atoms with Crippen molar-refractivity contribution in [2.24, 2.45) is 5.73 Å². The summed E-state index contributed by atoms with van der Waals surface area (Å²) in [7, 11) is 1.58. The van der Waals surface area contributed by atoms with E-state index in [0.717, 1.165) is 207 Å². The molecule has 8 aliphatic rings. The number of nitrogens with one attached hydrogen (secondary N) is 6. The van der Waals surface area contributed by atoms with Crippen molar-refractivity contribution in [3.63, 3.8) is 0 Å². The zero-order valence-electron chi connectivity index (χ0n) is 72.4. The Labute approximate surface area is 737 Å². The third-order valence-electron chi connectivity index (χ3n) is 25.2. The summed E-state index contributed by atoms with van der Waals surface area (Å²) in [5.74, 6) is -1.13. The summed E-state index contributed by atoms with van der Waals surface area (Å²) in [5, 5.41) is 35.5. The minimum atomic E-state index is -0.978. The van der Waals surface area contributed by atoms with Gasteiger partial charge >= 0.3 is 5.97 Å². The zero-order valence-corrected chi connectivity index (χ0v) is 72.4. The first-order valence-corrected chi connectivity index (χ1v) is 44.9. The van der Waals surface area contributed by atoms with E-state index in [4.69, 9.17) is 35.0 Å². The number of hydrogen-bond donors (Lipinski definition) is 9. The molecule has 668 valence electrons. The Balaban J connectivity index is 0.000000171. The third kappa shape index (κ3) is 21.4. The SMILES string of the molecule is COc1cc(C(=O)N[C@@H]2CCc3ccc(-c4cn5c(n4)CCC5)cc32)cc(OCCCNC(=O)CCCCCCCCc2cccc3c2C(=O)N(C2CCC(=O)NC2=O)C3=O)c1C.Cc1c(CO)cc(C(=O)N[C@@H]2CCc3ccc(-c4cn5c(n4)CCC5)cc32)cc1OCCCN.O=C(O)CCCCCCCNc1cccc2c1C(=O)N(C1CCC(=O)NC1=O)C2=O. The largest absolute Gasteiger partial charge is 0.496 e. The minimum Gasteiger partial charge on any atom is -0.496 e. The van der Waals surface area contributed by atoms with Crippen LogP contribution < -0.4 is 51.8 Å². The number of nitrogens with zero attached hydrogens (tertiary/aromatic N) is 6. The number of methoxy groups -OCH3 is 1. The molecule has 0 bridgehead atoms. The first-order valence-electron chi connectivity index (χ1n) is 44.9. The number of unbranched alkanes of at least 4 members (excludes halogenated alkanes) is 9. The maximum Gasteiger partial charge on any atom is 0.303 e. The number of imidazole rings is 2. The number of amides is 11. The molecule has 2 aliphatic carbocycles. The van der Waals surface area contributed by atoms with Gasteiger partial charge in [0.25, 0.3) is 35.4 Å². The summed E-state index contributed by atoms with van der Waals surface area (Å²) in [6.45, 7) is 8.15. The molecule has 2 aromatic heterocycles. The molecule has 6 aromatic carbocycles. The average molecular weight is 1730 g/mol. The molecule has 30 heteroatoms. The van der Waals surface area contributed by atoms with E-state index in [1.54, 1.807) is 61.7 Å². The highest BCUT2D eigenvalue weighted by molar-refractivity contribution is 6.26. The number of carbonyl (C=O) groups is 12. The Morgan fingerprint density at radius 2 is 1.03 bits per heavy atom. The number of benzene rings is 6. The molecule has 2 saturated heterocycles. The van der Waals surface area contributed by atoms with Crippen LogP contribution in [0.5, 0.6) is 17.2 Å². The monoisotopic (exact) mass is 1730 g/mol. The predicted molar refractivity (Wildman–Crippen MR) is 472 cm³/mol. The van der Waals surface area contributed by atoms with Gasteiger partial charge < -0.3 is 60.6 Å². The number of imide groups is 4. The van der Waals surface area contributed by atoms with Gasteiger partial charge in [0.05, 0.1) is 72.7 Å². The summed E-state index contributed by atoms with van der Waals surface area (Å²) in [4.78, 5) is 161. The van der Waals surface area contributed by atoms with E-state index in [-0.39, 0.29) is 79.6 Å². The van der Waals surface area contributed by atoms with Crippen LogP contribution in [-0.2, 0) is 80.6 Å². The molecule has 127 heavy (non-hydrogen) atoms. The second-order valence-corrected chi connectivity index (χ2v) is 33.8. The van der Waals surface area contributed by atoms with Gasteiger partial charge in [-0.1, -0.05) is 87.4 Å². The fourth-order valence-corrected chi connectivity index (χ4v) is 18.2. The van der Waals surface area contributed by atoms with Gasteiger partial charge in [-0.25, -0.2) is 9.97 Å². The molecule has 4 atom stereocenters. The van der Waals surface area contributed by atoms with Gasteiger partial charge in [0.2, 0.25) is 29.5 Å². The number of aliphatic hydroxyl groups excluding tert-OH is 1. The lowest BCUT2D eigenvalue weighted by Crippen LogP contribution is -2.54. The number of aliphatic carboxylic acids is 1. The maximum atomic E-state index is 13.7. The molecule has 2 unspecified atom stereocenters. The van der Waals surface area contributed by atoms with Gasteiger partial charge in [0.1, 0.15) is 41.0 Å². The van der Waals surface area contributed by atoms with Crippen LogP contribution in [0.3, 0.4) is 0 Å². The van der Waals surface area contributed by atoms with Crippen molar-refractivity contribution in [3.8, 4) is 39.8 Å². The third-order valence-corrected chi connectivity index (χ3v) is 25.2. The number of piperidine rings is 2. The molecule has 6 aliphatic heterocycles. The highest BCUT2D eigenvalue weighted by Gasteiger charge is 2.47. The average Bonchev–Trinajstić information content (AvgIpc) is 1.62. The number of aliphatic hydroxyl groups is 1. The van der Waals surface area contributed by atoms with E-state index in [9.17, 15) is 62.6 Å². The van der Waals surface area contributed by atoms with Gasteiger partial charge in [-0.05, 0) is 210 Å². The molecule has 11 amide bonds. The van der Waals surface area contributed by atoms with Gasteiger partial charge in [0, 0.05) is 111 Å². The molecule has 8 heterocycles. The van der Waals surface area contributed by atoms with E-state index in [1.807, 2.05) is 19.9 Å². The summed E-state index contributed by atoms with van der Waals surface area (Å²) < 4.78 is 22.1. The number of ether oxygens (including phenoxy) is 3. The second kappa shape index (κ2) is 42.1. The van der Waals surface area contributed by atoms with Crippen molar-refractivity contribution in [2.75, 3.05) is 45.3 Å². The van der Waals surface area contributed by atoms with E-state index in [2.05, 4.69) is 89.8 Å². The van der Waals surface area contributed by atoms with Gasteiger partial charge in [0.15, 0.2) is 0 Å². The molecule has 30 nitrogen and oxygen atoms in total. The highest BCUT2D eigenvalue weighted by Crippen LogP contribution is 2.40. The fourth-order valence-electron chi connectivity index (χ4n) is 18.2. The number of anilines is 1. The van der Waals surface area contributed by atoms with Crippen molar-refractivity contribution < 1.29 is 82.0 Å². The lowest BCUT2D eigenvalue weighted by Gasteiger charge is -2.27. The number of carboxylic acid groups (broad SMARTS) is 1. The number of aromatic nitrogens is 4. The summed E-state index contributed by atoms with van der Waals surface area (Å²) in [5.41, 5.74) is 20.3. The van der Waals surface area contributed by atoms with Crippen LogP contribution in [0.1, 0.15) is 278 Å². The lowest BCUT2D eigenvalue weighted by molar-refractivity contribution is -0.138. The van der Waals surface area contributed by atoms with Crippen LogP contribution in [0.25, 0.3) is 22.5 Å². The quantitative estimate of drug-likeness (QED) is 0.0129. The smallest absolute Gasteiger partial charge is 0.303 e. The van der Waals surface area contributed by atoms with Crippen LogP contribution in [0, 0.1) is 13.8 Å². The molecule has 8 aromatic rings. The van der Waals surface area contributed by atoms with Crippen LogP contribution >= 0.6 is 0 Å². The van der Waals surface area contributed by atoms with Crippen LogP contribution in [-0.4, -0.2) is 162 Å². The standard InChI is InChI=1S/C49H56N6O8.C27H32N4O3.C21H25N3O6/c1-30-40(62-2)27-34(46(58)52-37-20-19-31-17-18-33(26-36(31)37)38-29-54-24-10-15-42(54)51-38)28-41(30)63-25-11-23-50-43(56)16-8-6-4-3-5-7-12-32-13-9-14-35-45(32)49(61)55(48(35)60)39-21-22-44(57)53-47(39)59;1-17-21(16-32)12-20(14-25(17)34-11-3-9-28)27(33)30-23-8-7-18-5-6-19(13-22(18)23)24-15-31-10-2-4-26(31)29-24;25-16-11-10-15(19(28)23-16)24-20(29)13-7-6-8-14(18(13)21(24)30)22-12-5-3-1-2-4-9-17(26)27/h9,13-14,17-18,26-29,37,39H,3-8,10-12,15-16,19-25H2,1-2H3,(H,50,56)(H,52,58)(H,53,57,59);5-6,12-15,23,32H,2-4,7-11,16,28H2,1H3,(H,30,33);6-8,15,22H,1-5,9-12H2,(H,26,27)(H,23,25,28)/t37-,39?;23-;/m11./s1. The molecule has 0 saturated carbocycles. The summed E-state index contributed by atoms with van der Waals surface area (Å²) in [6.07, 6.45) is 24.9. The van der Waals surface area contributed by atoms with Crippen molar-refractivity contribution in [3.05, 3.63) is 199 Å². The first-order chi connectivity index (χ1) is 61.6. The number of nitrogens with two attached hydrogens (primary N) is 1.